The summed E-state index contributed by atoms with van der Waals surface area (Å²) in [6.45, 7) is 0. The van der Waals surface area contributed by atoms with Crippen molar-refractivity contribution in [1.82, 2.24) is 5.32 Å². The molecule has 3 nitrogen and oxygen atoms in total. The molecule has 98 valence electrons. The molecule has 1 aliphatic rings. The number of nitrogens with two attached hydrogens (primary N) is 1. The summed E-state index contributed by atoms with van der Waals surface area (Å²) in [7, 11) is 0. The van der Waals surface area contributed by atoms with Gasteiger partial charge in [-0.25, -0.2) is 0 Å². The number of nitrogens with one attached hydrogen (secondary N) is 1. The highest BCUT2D eigenvalue weighted by Crippen LogP contribution is 2.26. The normalized spacial score (nSPS) is 24.6. The first-order chi connectivity index (χ1) is 7.79. The zero-order chi connectivity index (χ0) is 13.1. The second-order valence-electron chi connectivity index (χ2n) is 4.23. The fourth-order valence-electron chi connectivity index (χ4n) is 2.01. The van der Waals surface area contributed by atoms with Crippen LogP contribution in [0.1, 0.15) is 32.1 Å². The van der Waals surface area contributed by atoms with Crippen molar-refractivity contribution in [2.45, 2.75) is 44.3 Å². The summed E-state index contributed by atoms with van der Waals surface area (Å²) in [5.41, 5.74) is 5.51. The number of alkyl halides is 3. The number of thiocarbonyl (C=S) groups is 1. The Morgan fingerprint density at radius 2 is 2.06 bits per heavy atom. The lowest BCUT2D eigenvalue weighted by Crippen LogP contribution is -2.41. The van der Waals surface area contributed by atoms with E-state index in [0.717, 1.165) is 19.3 Å². The Morgan fingerprint density at radius 1 is 1.41 bits per heavy atom. The topological polar surface area (TPSA) is 55.1 Å². The van der Waals surface area contributed by atoms with Crippen molar-refractivity contribution in [2.24, 2.45) is 11.7 Å². The molecular weight excluding hydrogens is 253 g/mol. The van der Waals surface area contributed by atoms with E-state index in [1.165, 1.54) is 0 Å². The molecule has 0 heterocycles. The van der Waals surface area contributed by atoms with Crippen LogP contribution >= 0.6 is 12.2 Å². The van der Waals surface area contributed by atoms with Crippen LogP contribution in [0.25, 0.3) is 0 Å². The van der Waals surface area contributed by atoms with Gasteiger partial charge in [-0.3, -0.25) is 4.79 Å². The van der Waals surface area contributed by atoms with Crippen LogP contribution in [0.2, 0.25) is 0 Å². The molecule has 0 aliphatic heterocycles. The van der Waals surface area contributed by atoms with Gasteiger partial charge in [-0.05, 0) is 12.8 Å². The van der Waals surface area contributed by atoms with E-state index in [9.17, 15) is 18.0 Å². The molecule has 2 unspecified atom stereocenters. The van der Waals surface area contributed by atoms with E-state index >= 15 is 0 Å². The van der Waals surface area contributed by atoms with Crippen LogP contribution in [0.15, 0.2) is 0 Å². The molecule has 17 heavy (non-hydrogen) atoms. The number of hydrogen-bond acceptors (Lipinski definition) is 2. The third kappa shape index (κ3) is 4.89. The van der Waals surface area contributed by atoms with E-state index in [1.54, 1.807) is 0 Å². The highest BCUT2D eigenvalue weighted by atomic mass is 32.1. The fraction of sp³-hybridized carbons (Fsp3) is 0.800. The van der Waals surface area contributed by atoms with Crippen LogP contribution in [0, 0.1) is 5.92 Å². The molecule has 1 aliphatic carbocycles. The largest absolute Gasteiger partial charge is 0.393 e. The van der Waals surface area contributed by atoms with Gasteiger partial charge in [-0.1, -0.05) is 18.6 Å². The summed E-state index contributed by atoms with van der Waals surface area (Å²) in [6.07, 6.45) is -3.53. The van der Waals surface area contributed by atoms with Gasteiger partial charge in [0.15, 0.2) is 0 Å². The first-order valence-electron chi connectivity index (χ1n) is 5.45. The van der Waals surface area contributed by atoms with Crippen LogP contribution < -0.4 is 11.1 Å². The van der Waals surface area contributed by atoms with Crippen LogP contribution in [-0.4, -0.2) is 23.1 Å². The van der Waals surface area contributed by atoms with Gasteiger partial charge in [0, 0.05) is 18.4 Å². The first kappa shape index (κ1) is 14.2. The van der Waals surface area contributed by atoms with Crippen molar-refractivity contribution in [1.29, 1.82) is 0 Å². The molecule has 0 aromatic rings. The molecule has 0 radical (unpaired) electrons. The zero-order valence-electron chi connectivity index (χ0n) is 9.22. The smallest absolute Gasteiger partial charge is 0.389 e. The second-order valence-corrected chi connectivity index (χ2v) is 4.70. The minimum absolute atomic E-state index is 0.0835. The van der Waals surface area contributed by atoms with E-state index in [-0.39, 0.29) is 12.0 Å². The van der Waals surface area contributed by atoms with Crippen molar-refractivity contribution in [2.75, 3.05) is 0 Å². The quantitative estimate of drug-likeness (QED) is 0.766. The van der Waals surface area contributed by atoms with Crippen molar-refractivity contribution in [3.63, 3.8) is 0 Å². The Bertz CT molecular complexity index is 306. The number of halogens is 3. The number of carbonyl (C=O) groups excluding carboxylic acids is 1. The van der Waals surface area contributed by atoms with Gasteiger partial charge in [0.25, 0.3) is 0 Å². The van der Waals surface area contributed by atoms with E-state index in [2.05, 4.69) is 5.32 Å². The molecule has 1 rings (SSSR count). The molecule has 1 saturated carbocycles. The van der Waals surface area contributed by atoms with Crippen molar-refractivity contribution in [3.05, 3.63) is 0 Å². The van der Waals surface area contributed by atoms with E-state index in [0.29, 0.717) is 4.99 Å². The minimum atomic E-state index is -4.30. The summed E-state index contributed by atoms with van der Waals surface area (Å²) >= 11 is 4.86. The molecular formula is C10H15F3N2OS. The Hall–Kier alpha value is -0.850. The molecule has 1 fully saturated rings. The summed E-state index contributed by atoms with van der Waals surface area (Å²) in [5, 5.41) is 2.58. The first-order valence-corrected chi connectivity index (χ1v) is 5.86. The molecule has 1 amide bonds. The monoisotopic (exact) mass is 268 g/mol. The van der Waals surface area contributed by atoms with Gasteiger partial charge < -0.3 is 11.1 Å². The Balaban J connectivity index is 2.38. The third-order valence-corrected chi connectivity index (χ3v) is 3.17. The maximum Gasteiger partial charge on any atom is 0.389 e. The van der Waals surface area contributed by atoms with E-state index < -0.39 is 24.9 Å². The molecule has 0 saturated heterocycles. The summed E-state index contributed by atoms with van der Waals surface area (Å²) < 4.78 is 35.7. The van der Waals surface area contributed by atoms with Gasteiger partial charge in [-0.2, -0.15) is 13.2 Å². The van der Waals surface area contributed by atoms with Crippen LogP contribution in [0.3, 0.4) is 0 Å². The van der Waals surface area contributed by atoms with Crippen LogP contribution in [-0.2, 0) is 4.79 Å². The standard InChI is InChI=1S/C10H15F3N2OS/c11-10(12,13)5-4-8(16)15-7-3-1-2-6(7)9(14)17/h6-7H,1-5H2,(H2,14,17)(H,15,16). The average molecular weight is 268 g/mol. The molecule has 7 heteroatoms. The van der Waals surface area contributed by atoms with E-state index in [1.807, 2.05) is 0 Å². The predicted octanol–water partition coefficient (Wildman–Crippen LogP) is 1.90. The fourth-order valence-corrected chi connectivity index (χ4v) is 2.29. The lowest BCUT2D eigenvalue weighted by molar-refractivity contribution is -0.144. The predicted molar refractivity (Wildman–Crippen MR) is 61.3 cm³/mol. The van der Waals surface area contributed by atoms with Crippen LogP contribution in [0.5, 0.6) is 0 Å². The molecule has 0 aromatic carbocycles. The molecule has 2 atom stereocenters. The van der Waals surface area contributed by atoms with Gasteiger partial charge in [-0.15, -0.1) is 0 Å². The van der Waals surface area contributed by atoms with Gasteiger partial charge in [0.2, 0.25) is 5.91 Å². The summed E-state index contributed by atoms with van der Waals surface area (Å²) in [5.74, 6) is -0.671. The maximum atomic E-state index is 11.9. The highest BCUT2D eigenvalue weighted by molar-refractivity contribution is 7.80. The zero-order valence-corrected chi connectivity index (χ0v) is 10.0. The Morgan fingerprint density at radius 3 is 2.59 bits per heavy atom. The van der Waals surface area contributed by atoms with Gasteiger partial charge >= 0.3 is 6.18 Å². The summed E-state index contributed by atoms with van der Waals surface area (Å²) in [6, 6.07) is -0.201. The Labute approximate surface area is 103 Å². The number of carbonyl (C=O) groups is 1. The van der Waals surface area contributed by atoms with Crippen molar-refractivity contribution in [3.8, 4) is 0 Å². The molecule has 3 N–H and O–H groups in total. The van der Waals surface area contributed by atoms with Crippen LogP contribution in [0.4, 0.5) is 13.2 Å². The lowest BCUT2D eigenvalue weighted by atomic mass is 10.0. The molecule has 0 bridgehead atoms. The SMILES string of the molecule is NC(=S)C1CCCC1NC(=O)CCC(F)(F)F. The number of amides is 1. The Kier molecular flexibility index (Phi) is 4.73. The maximum absolute atomic E-state index is 11.9. The number of rotatable bonds is 4. The second kappa shape index (κ2) is 5.66. The number of hydrogen-bond donors (Lipinski definition) is 2. The summed E-state index contributed by atoms with van der Waals surface area (Å²) in [4.78, 5) is 11.6. The molecule has 0 spiro atoms. The van der Waals surface area contributed by atoms with Crippen molar-refractivity contribution >= 4 is 23.1 Å². The van der Waals surface area contributed by atoms with Gasteiger partial charge in [0.05, 0.1) is 11.4 Å². The average Bonchev–Trinajstić information content (AvgIpc) is 2.62. The third-order valence-electron chi connectivity index (χ3n) is 2.86. The van der Waals surface area contributed by atoms with Gasteiger partial charge in [0.1, 0.15) is 0 Å². The highest BCUT2D eigenvalue weighted by Gasteiger charge is 2.32. The van der Waals surface area contributed by atoms with Crippen molar-refractivity contribution < 1.29 is 18.0 Å². The minimum Gasteiger partial charge on any atom is -0.393 e. The molecule has 0 aromatic heterocycles. The van der Waals surface area contributed by atoms with E-state index in [4.69, 9.17) is 18.0 Å². The lowest BCUT2D eigenvalue weighted by Gasteiger charge is -2.20.